The van der Waals surface area contributed by atoms with Gasteiger partial charge in [0.25, 0.3) is 0 Å². The molecule has 120 valence electrons. The fourth-order valence-corrected chi connectivity index (χ4v) is 2.60. The monoisotopic (exact) mass is 310 g/mol. The van der Waals surface area contributed by atoms with E-state index in [2.05, 4.69) is 57.1 Å². The van der Waals surface area contributed by atoms with Crippen molar-refractivity contribution in [1.82, 2.24) is 29.4 Å². The number of likely N-dealkylation sites (N-methyl/N-ethyl adjacent to an activating group) is 1. The van der Waals surface area contributed by atoms with Gasteiger partial charge in [-0.3, -0.25) is 0 Å². The van der Waals surface area contributed by atoms with E-state index in [-0.39, 0.29) is 0 Å². The average Bonchev–Trinajstić information content (AvgIpc) is 3.15. The van der Waals surface area contributed by atoms with Crippen molar-refractivity contribution in [2.45, 2.75) is 26.9 Å². The maximum absolute atomic E-state index is 4.49. The van der Waals surface area contributed by atoms with Crippen LogP contribution in [0.3, 0.4) is 0 Å². The SMILES string of the molecule is Cc1ccccc1-n1cc(CN(C)CCn2cnnc2C)cn1. The van der Waals surface area contributed by atoms with Crippen molar-refractivity contribution in [1.29, 1.82) is 0 Å². The molecule has 0 saturated carbocycles. The Hall–Kier alpha value is -2.47. The van der Waals surface area contributed by atoms with Crippen molar-refractivity contribution in [2.75, 3.05) is 13.6 Å². The van der Waals surface area contributed by atoms with E-state index in [0.29, 0.717) is 0 Å². The Morgan fingerprint density at radius 1 is 1.17 bits per heavy atom. The highest BCUT2D eigenvalue weighted by Crippen LogP contribution is 2.13. The number of benzene rings is 1. The summed E-state index contributed by atoms with van der Waals surface area (Å²) in [6, 6.07) is 8.27. The van der Waals surface area contributed by atoms with Crippen molar-refractivity contribution in [2.24, 2.45) is 0 Å². The van der Waals surface area contributed by atoms with Gasteiger partial charge >= 0.3 is 0 Å². The molecule has 2 aromatic heterocycles. The van der Waals surface area contributed by atoms with Crippen molar-refractivity contribution in [3.63, 3.8) is 0 Å². The second-order valence-electron chi connectivity index (χ2n) is 5.89. The standard InChI is InChI=1S/C17H22N6/c1-14-6-4-5-7-17(14)23-12-16(10-19-23)11-21(3)8-9-22-13-18-20-15(22)2/h4-7,10,12-13H,8-9,11H2,1-3H3. The van der Waals surface area contributed by atoms with Gasteiger partial charge < -0.3 is 9.47 Å². The van der Waals surface area contributed by atoms with E-state index in [1.54, 1.807) is 6.33 Å². The van der Waals surface area contributed by atoms with Crippen LogP contribution in [-0.2, 0) is 13.1 Å². The smallest absolute Gasteiger partial charge is 0.129 e. The molecule has 0 aliphatic heterocycles. The second-order valence-corrected chi connectivity index (χ2v) is 5.89. The van der Waals surface area contributed by atoms with Gasteiger partial charge in [-0.05, 0) is 32.5 Å². The van der Waals surface area contributed by atoms with Crippen molar-refractivity contribution in [3.8, 4) is 5.69 Å². The molecule has 0 aliphatic rings. The van der Waals surface area contributed by atoms with Gasteiger partial charge in [-0.1, -0.05) is 18.2 Å². The molecule has 0 amide bonds. The molecule has 1 aromatic carbocycles. The zero-order chi connectivity index (χ0) is 16.2. The van der Waals surface area contributed by atoms with Gasteiger partial charge in [0.15, 0.2) is 0 Å². The van der Waals surface area contributed by atoms with Gasteiger partial charge in [0.1, 0.15) is 12.2 Å². The molecule has 2 heterocycles. The molecule has 0 fully saturated rings. The third kappa shape index (κ3) is 3.65. The lowest BCUT2D eigenvalue weighted by molar-refractivity contribution is 0.310. The van der Waals surface area contributed by atoms with E-state index in [0.717, 1.165) is 31.1 Å². The van der Waals surface area contributed by atoms with Gasteiger partial charge in [-0.2, -0.15) is 5.10 Å². The van der Waals surface area contributed by atoms with Crippen LogP contribution in [0.25, 0.3) is 5.69 Å². The zero-order valence-electron chi connectivity index (χ0n) is 13.8. The maximum atomic E-state index is 4.49. The van der Waals surface area contributed by atoms with Gasteiger partial charge in [0.05, 0.1) is 11.9 Å². The molecule has 0 atom stereocenters. The lowest BCUT2D eigenvalue weighted by Gasteiger charge is -2.16. The molecule has 6 nitrogen and oxygen atoms in total. The number of para-hydroxylation sites is 1. The number of rotatable bonds is 6. The van der Waals surface area contributed by atoms with Crippen molar-refractivity contribution in [3.05, 3.63) is 59.9 Å². The summed E-state index contributed by atoms with van der Waals surface area (Å²) in [5.41, 5.74) is 3.55. The van der Waals surface area contributed by atoms with Gasteiger partial charge in [0, 0.05) is 31.4 Å². The van der Waals surface area contributed by atoms with E-state index < -0.39 is 0 Å². The van der Waals surface area contributed by atoms with E-state index >= 15 is 0 Å². The maximum Gasteiger partial charge on any atom is 0.129 e. The summed E-state index contributed by atoms with van der Waals surface area (Å²) in [6.07, 6.45) is 5.81. The molecule has 0 unspecified atom stereocenters. The predicted molar refractivity (Wildman–Crippen MR) is 89.4 cm³/mol. The molecule has 0 aliphatic carbocycles. The first-order valence-corrected chi connectivity index (χ1v) is 7.76. The third-order valence-corrected chi connectivity index (χ3v) is 3.98. The van der Waals surface area contributed by atoms with Crippen LogP contribution >= 0.6 is 0 Å². The van der Waals surface area contributed by atoms with E-state index in [4.69, 9.17) is 0 Å². The molecule has 0 N–H and O–H groups in total. The highest BCUT2D eigenvalue weighted by atomic mass is 15.3. The first-order chi connectivity index (χ1) is 11.1. The summed E-state index contributed by atoms with van der Waals surface area (Å²) in [5.74, 6) is 0.950. The highest BCUT2D eigenvalue weighted by molar-refractivity contribution is 5.39. The predicted octanol–water partition coefficient (Wildman–Crippen LogP) is 2.21. The summed E-state index contributed by atoms with van der Waals surface area (Å²) >= 11 is 0. The van der Waals surface area contributed by atoms with E-state index in [1.807, 2.05) is 29.9 Å². The van der Waals surface area contributed by atoms with Crippen molar-refractivity contribution >= 4 is 0 Å². The molecule has 0 saturated heterocycles. The summed E-state index contributed by atoms with van der Waals surface area (Å²) in [5, 5.41) is 12.4. The Morgan fingerprint density at radius 2 is 2.00 bits per heavy atom. The Bertz CT molecular complexity index is 773. The van der Waals surface area contributed by atoms with Gasteiger partial charge in [-0.25, -0.2) is 4.68 Å². The lowest BCUT2D eigenvalue weighted by atomic mass is 10.2. The second kappa shape index (κ2) is 6.75. The highest BCUT2D eigenvalue weighted by Gasteiger charge is 2.07. The number of aryl methyl sites for hydroxylation is 2. The fraction of sp³-hybridized carbons (Fsp3) is 0.353. The first-order valence-electron chi connectivity index (χ1n) is 7.76. The Labute approximate surface area is 136 Å². The van der Waals surface area contributed by atoms with Crippen LogP contribution in [0.4, 0.5) is 0 Å². The molecule has 0 spiro atoms. The Morgan fingerprint density at radius 3 is 2.74 bits per heavy atom. The number of nitrogens with zero attached hydrogens (tertiary/aromatic N) is 6. The third-order valence-electron chi connectivity index (χ3n) is 3.98. The summed E-state index contributed by atoms with van der Waals surface area (Å²) in [7, 11) is 2.12. The van der Waals surface area contributed by atoms with Gasteiger partial charge in [-0.15, -0.1) is 10.2 Å². The molecule has 3 aromatic rings. The average molecular weight is 310 g/mol. The number of hydrogen-bond donors (Lipinski definition) is 0. The summed E-state index contributed by atoms with van der Waals surface area (Å²) < 4.78 is 4.01. The summed E-state index contributed by atoms with van der Waals surface area (Å²) in [6.45, 7) is 6.77. The minimum Gasteiger partial charge on any atom is -0.317 e. The minimum atomic E-state index is 0.868. The van der Waals surface area contributed by atoms with Crippen LogP contribution in [0.5, 0.6) is 0 Å². The largest absolute Gasteiger partial charge is 0.317 e. The van der Waals surface area contributed by atoms with Crippen molar-refractivity contribution < 1.29 is 0 Å². The van der Waals surface area contributed by atoms with Crippen LogP contribution in [0.1, 0.15) is 17.0 Å². The molecular formula is C17H22N6. The molecule has 23 heavy (non-hydrogen) atoms. The molecule has 3 rings (SSSR count). The van der Waals surface area contributed by atoms with Crippen LogP contribution in [0.15, 0.2) is 43.0 Å². The quantitative estimate of drug-likeness (QED) is 0.700. The van der Waals surface area contributed by atoms with E-state index in [9.17, 15) is 0 Å². The van der Waals surface area contributed by atoms with Crippen LogP contribution in [0, 0.1) is 13.8 Å². The minimum absolute atomic E-state index is 0.868. The van der Waals surface area contributed by atoms with Crippen LogP contribution in [-0.4, -0.2) is 43.0 Å². The topological polar surface area (TPSA) is 51.8 Å². The Kier molecular flexibility index (Phi) is 4.52. The number of hydrogen-bond acceptors (Lipinski definition) is 4. The zero-order valence-corrected chi connectivity index (χ0v) is 13.8. The van der Waals surface area contributed by atoms with Crippen LogP contribution in [0.2, 0.25) is 0 Å². The number of aromatic nitrogens is 5. The lowest BCUT2D eigenvalue weighted by Crippen LogP contribution is -2.22. The summed E-state index contributed by atoms with van der Waals surface area (Å²) in [4.78, 5) is 2.28. The van der Waals surface area contributed by atoms with Crippen LogP contribution < -0.4 is 0 Å². The first kappa shape index (κ1) is 15.4. The van der Waals surface area contributed by atoms with E-state index in [1.165, 1.54) is 11.1 Å². The molecular weight excluding hydrogens is 288 g/mol. The molecule has 6 heteroatoms. The molecule has 0 bridgehead atoms. The Balaban J connectivity index is 1.60. The normalized spacial score (nSPS) is 11.3. The fourth-order valence-electron chi connectivity index (χ4n) is 2.60. The molecule has 0 radical (unpaired) electrons. The van der Waals surface area contributed by atoms with Gasteiger partial charge in [0.2, 0.25) is 0 Å².